The van der Waals surface area contributed by atoms with Crippen molar-refractivity contribution in [1.29, 1.82) is 0 Å². The van der Waals surface area contributed by atoms with Crippen LogP contribution in [-0.4, -0.2) is 39.8 Å². The highest BCUT2D eigenvalue weighted by molar-refractivity contribution is 7.13. The van der Waals surface area contributed by atoms with Crippen LogP contribution < -0.4 is 5.32 Å². The molecular formula is C21H20Cl2N4O2S. The number of aromatic nitrogens is 2. The van der Waals surface area contributed by atoms with Crippen LogP contribution in [0.2, 0.25) is 10.0 Å². The molecule has 0 spiro atoms. The molecule has 0 fully saturated rings. The van der Waals surface area contributed by atoms with Gasteiger partial charge in [0, 0.05) is 23.1 Å². The zero-order chi connectivity index (χ0) is 21.5. The second-order valence-corrected chi connectivity index (χ2v) is 8.23. The largest absolute Gasteiger partial charge is 0.333 e. The molecule has 156 valence electrons. The number of benzene rings is 1. The molecule has 3 aromatic rings. The van der Waals surface area contributed by atoms with Crippen molar-refractivity contribution in [3.8, 4) is 10.7 Å². The van der Waals surface area contributed by atoms with Gasteiger partial charge in [-0.25, -0.2) is 4.98 Å². The lowest BCUT2D eigenvalue weighted by Gasteiger charge is -2.21. The van der Waals surface area contributed by atoms with E-state index in [1.165, 1.54) is 16.2 Å². The minimum atomic E-state index is -0.339. The Morgan fingerprint density at radius 1 is 1.20 bits per heavy atom. The first-order chi connectivity index (χ1) is 14.5. The van der Waals surface area contributed by atoms with Crippen molar-refractivity contribution in [2.45, 2.75) is 19.8 Å². The first-order valence-electron chi connectivity index (χ1n) is 9.34. The van der Waals surface area contributed by atoms with Gasteiger partial charge in [-0.15, -0.1) is 11.3 Å². The summed E-state index contributed by atoms with van der Waals surface area (Å²) in [7, 11) is 0. The van der Waals surface area contributed by atoms with E-state index in [4.69, 9.17) is 23.2 Å². The number of pyridine rings is 1. The first kappa shape index (κ1) is 22.2. The van der Waals surface area contributed by atoms with Crippen LogP contribution in [0.1, 0.15) is 19.0 Å². The van der Waals surface area contributed by atoms with E-state index < -0.39 is 0 Å². The molecule has 0 aliphatic heterocycles. The molecule has 0 radical (unpaired) electrons. The summed E-state index contributed by atoms with van der Waals surface area (Å²) >= 11 is 13.5. The molecule has 0 unspecified atom stereocenters. The lowest BCUT2D eigenvalue weighted by Crippen LogP contribution is -2.39. The maximum atomic E-state index is 12.8. The fourth-order valence-corrected chi connectivity index (χ4v) is 3.91. The summed E-state index contributed by atoms with van der Waals surface area (Å²) in [6.07, 6.45) is 2.55. The van der Waals surface area contributed by atoms with Crippen LogP contribution in [0.3, 0.4) is 0 Å². The summed E-state index contributed by atoms with van der Waals surface area (Å²) in [5, 5.41) is 6.16. The van der Waals surface area contributed by atoms with Crippen molar-refractivity contribution in [3.63, 3.8) is 0 Å². The maximum absolute atomic E-state index is 12.8. The summed E-state index contributed by atoms with van der Waals surface area (Å²) in [5.41, 5.74) is 1.84. The minimum Gasteiger partial charge on any atom is -0.333 e. The summed E-state index contributed by atoms with van der Waals surface area (Å²) in [4.78, 5) is 35.6. The Labute approximate surface area is 188 Å². The Morgan fingerprint density at radius 3 is 2.77 bits per heavy atom. The molecule has 0 saturated heterocycles. The van der Waals surface area contributed by atoms with E-state index in [-0.39, 0.29) is 24.8 Å². The Balaban J connectivity index is 1.64. The number of halogens is 2. The standard InChI is InChI=1S/C21H20Cl2N4O2S/c1-2-9-27(12-19(28)26-18-10-14(22)6-7-16(18)23)20(29)11-15-13-30-21(25-15)17-5-3-4-8-24-17/h3-8,10,13H,2,9,11-12H2,1H3,(H,26,28). The second-order valence-electron chi connectivity index (χ2n) is 6.52. The van der Waals surface area contributed by atoms with Gasteiger partial charge >= 0.3 is 0 Å². The fraction of sp³-hybridized carbons (Fsp3) is 0.238. The maximum Gasteiger partial charge on any atom is 0.244 e. The number of hydrogen-bond acceptors (Lipinski definition) is 5. The molecule has 6 nitrogen and oxygen atoms in total. The molecule has 0 saturated carbocycles. The third-order valence-electron chi connectivity index (χ3n) is 4.15. The molecule has 0 bridgehead atoms. The fourth-order valence-electron chi connectivity index (χ4n) is 2.78. The predicted molar refractivity (Wildman–Crippen MR) is 121 cm³/mol. The summed E-state index contributed by atoms with van der Waals surface area (Å²) in [5.74, 6) is -0.504. The van der Waals surface area contributed by atoms with Crippen molar-refractivity contribution in [1.82, 2.24) is 14.9 Å². The van der Waals surface area contributed by atoms with Gasteiger partial charge in [0.1, 0.15) is 5.01 Å². The molecule has 0 aliphatic carbocycles. The Morgan fingerprint density at radius 2 is 2.03 bits per heavy atom. The van der Waals surface area contributed by atoms with Crippen LogP contribution in [0.4, 0.5) is 5.69 Å². The highest BCUT2D eigenvalue weighted by atomic mass is 35.5. The van der Waals surface area contributed by atoms with Gasteiger partial charge in [0.05, 0.1) is 35.1 Å². The van der Waals surface area contributed by atoms with Gasteiger partial charge in [0.2, 0.25) is 11.8 Å². The Kier molecular flexibility index (Phi) is 7.79. The van der Waals surface area contributed by atoms with Gasteiger partial charge in [0.15, 0.2) is 0 Å². The predicted octanol–water partition coefficient (Wildman–Crippen LogP) is 4.93. The van der Waals surface area contributed by atoms with E-state index in [0.717, 1.165) is 17.1 Å². The number of nitrogens with one attached hydrogen (secondary N) is 1. The second kappa shape index (κ2) is 10.5. The Bertz CT molecular complexity index is 1030. The molecule has 3 rings (SSSR count). The van der Waals surface area contributed by atoms with Crippen molar-refractivity contribution >= 4 is 52.0 Å². The van der Waals surface area contributed by atoms with E-state index >= 15 is 0 Å². The van der Waals surface area contributed by atoms with Gasteiger partial charge in [-0.3, -0.25) is 14.6 Å². The SMILES string of the molecule is CCCN(CC(=O)Nc1cc(Cl)ccc1Cl)C(=O)Cc1csc(-c2ccccn2)n1. The normalized spacial score (nSPS) is 10.6. The van der Waals surface area contributed by atoms with Gasteiger partial charge in [-0.05, 0) is 36.8 Å². The number of thiazole rings is 1. The number of carbonyl (C=O) groups is 2. The Hall–Kier alpha value is -2.48. The quantitative estimate of drug-likeness (QED) is 0.514. The molecule has 30 heavy (non-hydrogen) atoms. The first-order valence-corrected chi connectivity index (χ1v) is 11.0. The number of hydrogen-bond donors (Lipinski definition) is 1. The molecule has 1 N–H and O–H groups in total. The average molecular weight is 463 g/mol. The molecule has 2 aromatic heterocycles. The third kappa shape index (κ3) is 6.01. The van der Waals surface area contributed by atoms with Crippen molar-refractivity contribution in [2.75, 3.05) is 18.4 Å². The smallest absolute Gasteiger partial charge is 0.244 e. The number of rotatable bonds is 8. The molecule has 2 heterocycles. The molecule has 0 atom stereocenters. The van der Waals surface area contributed by atoms with Crippen molar-refractivity contribution in [2.24, 2.45) is 0 Å². The van der Waals surface area contributed by atoms with Crippen molar-refractivity contribution < 1.29 is 9.59 Å². The highest BCUT2D eigenvalue weighted by Crippen LogP contribution is 2.25. The third-order valence-corrected chi connectivity index (χ3v) is 5.63. The summed E-state index contributed by atoms with van der Waals surface area (Å²) in [6.45, 7) is 2.34. The lowest BCUT2D eigenvalue weighted by atomic mass is 10.2. The zero-order valence-electron chi connectivity index (χ0n) is 16.3. The molecular weight excluding hydrogens is 443 g/mol. The van der Waals surface area contributed by atoms with Crippen LogP contribution in [0.5, 0.6) is 0 Å². The van der Waals surface area contributed by atoms with Crippen LogP contribution in [0, 0.1) is 0 Å². The number of anilines is 1. The van der Waals surface area contributed by atoms with Crippen LogP contribution in [0.15, 0.2) is 48.0 Å². The van der Waals surface area contributed by atoms with Crippen LogP contribution in [0.25, 0.3) is 10.7 Å². The number of nitrogens with zero attached hydrogens (tertiary/aromatic N) is 3. The monoisotopic (exact) mass is 462 g/mol. The molecule has 0 aliphatic rings. The van der Waals surface area contributed by atoms with E-state index in [9.17, 15) is 9.59 Å². The van der Waals surface area contributed by atoms with Gasteiger partial charge in [-0.1, -0.05) is 36.2 Å². The van der Waals surface area contributed by atoms with Gasteiger partial charge in [0.25, 0.3) is 0 Å². The zero-order valence-corrected chi connectivity index (χ0v) is 18.6. The molecule has 2 amide bonds. The van der Waals surface area contributed by atoms with E-state index in [1.54, 1.807) is 24.4 Å². The van der Waals surface area contributed by atoms with E-state index in [0.29, 0.717) is 28.0 Å². The number of carbonyl (C=O) groups excluding carboxylic acids is 2. The topological polar surface area (TPSA) is 75.2 Å². The van der Waals surface area contributed by atoms with Gasteiger partial charge in [-0.2, -0.15) is 0 Å². The van der Waals surface area contributed by atoms with E-state index in [2.05, 4.69) is 15.3 Å². The van der Waals surface area contributed by atoms with E-state index in [1.807, 2.05) is 30.5 Å². The minimum absolute atomic E-state index is 0.0766. The molecule has 1 aromatic carbocycles. The average Bonchev–Trinajstić information content (AvgIpc) is 3.19. The lowest BCUT2D eigenvalue weighted by molar-refractivity contribution is -0.134. The summed E-state index contributed by atoms with van der Waals surface area (Å²) in [6, 6.07) is 10.4. The van der Waals surface area contributed by atoms with Crippen LogP contribution in [-0.2, 0) is 16.0 Å². The molecule has 9 heteroatoms. The summed E-state index contributed by atoms with van der Waals surface area (Å²) < 4.78 is 0. The van der Waals surface area contributed by atoms with Crippen LogP contribution >= 0.6 is 34.5 Å². The van der Waals surface area contributed by atoms with Gasteiger partial charge < -0.3 is 10.2 Å². The van der Waals surface area contributed by atoms with Crippen molar-refractivity contribution in [3.05, 3.63) is 63.7 Å². The number of amides is 2. The highest BCUT2D eigenvalue weighted by Gasteiger charge is 2.19.